The molecule has 1 saturated heterocycles. The fraction of sp³-hybridized carbons (Fsp3) is 0.321. The van der Waals surface area contributed by atoms with Crippen LogP contribution in [-0.2, 0) is 0 Å². The van der Waals surface area contributed by atoms with Crippen molar-refractivity contribution < 1.29 is 9.18 Å². The Morgan fingerprint density at radius 3 is 2.66 bits per heavy atom. The number of hydrogen-bond acceptors (Lipinski definition) is 4. The van der Waals surface area contributed by atoms with Crippen LogP contribution in [0.3, 0.4) is 0 Å². The van der Waals surface area contributed by atoms with Gasteiger partial charge >= 0.3 is 0 Å². The van der Waals surface area contributed by atoms with Gasteiger partial charge in [-0.05, 0) is 50.9 Å². The molecule has 3 heterocycles. The van der Waals surface area contributed by atoms with Crippen molar-refractivity contribution >= 4 is 11.6 Å². The molecule has 1 amide bonds. The standard InChI is InChI=1S/C28H30FN5O/c1-20-10-7-8-16-33(20)17-9-15-30-28(35)26-18-25(22-13-5-6-14-23(22)29)31-27-19-24(32-34(26)27)21-11-3-2-4-12-21/h2-6,11-14,18-20H,7-10,15-17H2,1H3,(H,30,35)/t20-/m1/s1. The van der Waals surface area contributed by atoms with Crippen molar-refractivity contribution in [2.45, 2.75) is 38.6 Å². The summed E-state index contributed by atoms with van der Waals surface area (Å²) in [5, 5.41) is 7.70. The third-order valence-corrected chi connectivity index (χ3v) is 6.73. The number of likely N-dealkylation sites (tertiary alicyclic amines) is 1. The lowest BCUT2D eigenvalue weighted by Crippen LogP contribution is -2.39. The zero-order valence-electron chi connectivity index (χ0n) is 20.0. The van der Waals surface area contributed by atoms with Gasteiger partial charge in [-0.2, -0.15) is 5.10 Å². The molecule has 1 atom stereocenters. The molecular formula is C28H30FN5O. The molecule has 1 fully saturated rings. The SMILES string of the molecule is C[C@@H]1CCCCN1CCCNC(=O)c1cc(-c2ccccc2F)nc2cc(-c3ccccc3)nn12. The minimum atomic E-state index is -0.380. The van der Waals surface area contributed by atoms with Crippen molar-refractivity contribution in [1.29, 1.82) is 0 Å². The van der Waals surface area contributed by atoms with Crippen LogP contribution < -0.4 is 5.32 Å². The van der Waals surface area contributed by atoms with E-state index < -0.39 is 0 Å². The number of nitrogens with zero attached hydrogens (tertiary/aromatic N) is 4. The molecule has 0 spiro atoms. The van der Waals surface area contributed by atoms with Gasteiger partial charge in [0.05, 0.1) is 11.4 Å². The summed E-state index contributed by atoms with van der Waals surface area (Å²) in [6.07, 6.45) is 4.65. The quantitative estimate of drug-likeness (QED) is 0.377. The van der Waals surface area contributed by atoms with E-state index in [1.165, 1.54) is 25.3 Å². The average molecular weight is 472 g/mol. The van der Waals surface area contributed by atoms with Gasteiger partial charge in [-0.25, -0.2) is 13.9 Å². The van der Waals surface area contributed by atoms with Crippen LogP contribution in [0.25, 0.3) is 28.2 Å². The zero-order valence-corrected chi connectivity index (χ0v) is 20.0. The molecule has 0 aliphatic carbocycles. The van der Waals surface area contributed by atoms with Gasteiger partial charge in [0.1, 0.15) is 11.5 Å². The lowest BCUT2D eigenvalue weighted by atomic mass is 10.0. The molecule has 1 aliphatic rings. The molecular weight excluding hydrogens is 441 g/mol. The second-order valence-corrected chi connectivity index (χ2v) is 9.16. The van der Waals surface area contributed by atoms with Crippen LogP contribution in [0.1, 0.15) is 43.1 Å². The minimum Gasteiger partial charge on any atom is -0.351 e. The van der Waals surface area contributed by atoms with Crippen LogP contribution >= 0.6 is 0 Å². The fourth-order valence-corrected chi connectivity index (χ4v) is 4.76. The highest BCUT2D eigenvalue weighted by atomic mass is 19.1. The molecule has 0 bridgehead atoms. The van der Waals surface area contributed by atoms with Crippen molar-refractivity contribution in [3.63, 3.8) is 0 Å². The number of piperidine rings is 1. The smallest absolute Gasteiger partial charge is 0.270 e. The third-order valence-electron chi connectivity index (χ3n) is 6.73. The number of carbonyl (C=O) groups is 1. The van der Waals surface area contributed by atoms with Gasteiger partial charge in [0.2, 0.25) is 0 Å². The number of hydrogen-bond donors (Lipinski definition) is 1. The summed E-state index contributed by atoms with van der Waals surface area (Å²) in [7, 11) is 0. The molecule has 6 nitrogen and oxygen atoms in total. The van der Waals surface area contributed by atoms with E-state index in [0.29, 0.717) is 40.9 Å². The lowest BCUT2D eigenvalue weighted by molar-refractivity contribution is 0.0941. The Hall–Kier alpha value is -3.58. The van der Waals surface area contributed by atoms with Crippen molar-refractivity contribution in [1.82, 2.24) is 24.8 Å². The van der Waals surface area contributed by atoms with E-state index >= 15 is 0 Å². The first-order valence-electron chi connectivity index (χ1n) is 12.3. The van der Waals surface area contributed by atoms with Crippen molar-refractivity contribution in [2.24, 2.45) is 0 Å². The van der Waals surface area contributed by atoms with Gasteiger partial charge in [0.15, 0.2) is 5.65 Å². The Balaban J connectivity index is 1.42. The van der Waals surface area contributed by atoms with E-state index in [1.54, 1.807) is 28.8 Å². The number of fused-ring (bicyclic) bond motifs is 1. The van der Waals surface area contributed by atoms with Crippen LogP contribution in [0.15, 0.2) is 66.7 Å². The Kier molecular flexibility index (Phi) is 6.86. The van der Waals surface area contributed by atoms with E-state index in [4.69, 9.17) is 0 Å². The van der Waals surface area contributed by atoms with Gasteiger partial charge in [-0.15, -0.1) is 0 Å². The predicted molar refractivity (Wildman–Crippen MR) is 136 cm³/mol. The molecule has 2 aromatic heterocycles. The molecule has 4 aromatic rings. The number of benzene rings is 2. The Morgan fingerprint density at radius 1 is 1.06 bits per heavy atom. The maximum absolute atomic E-state index is 14.6. The van der Waals surface area contributed by atoms with E-state index in [2.05, 4.69) is 27.2 Å². The van der Waals surface area contributed by atoms with E-state index in [1.807, 2.05) is 36.4 Å². The molecule has 35 heavy (non-hydrogen) atoms. The fourth-order valence-electron chi connectivity index (χ4n) is 4.76. The van der Waals surface area contributed by atoms with Crippen LogP contribution in [-0.4, -0.2) is 51.1 Å². The summed E-state index contributed by atoms with van der Waals surface area (Å²) in [5.41, 5.74) is 3.22. The number of aromatic nitrogens is 3. The van der Waals surface area contributed by atoms with Gasteiger partial charge < -0.3 is 10.2 Å². The second-order valence-electron chi connectivity index (χ2n) is 9.16. The van der Waals surface area contributed by atoms with Crippen LogP contribution in [0.5, 0.6) is 0 Å². The van der Waals surface area contributed by atoms with E-state index in [-0.39, 0.29) is 11.7 Å². The highest BCUT2D eigenvalue weighted by Crippen LogP contribution is 2.25. The van der Waals surface area contributed by atoms with Crippen molar-refractivity contribution in [3.8, 4) is 22.5 Å². The molecule has 180 valence electrons. The third kappa shape index (κ3) is 5.10. The Bertz CT molecular complexity index is 1320. The first-order valence-corrected chi connectivity index (χ1v) is 12.3. The molecule has 5 rings (SSSR count). The van der Waals surface area contributed by atoms with Crippen LogP contribution in [0, 0.1) is 5.82 Å². The van der Waals surface area contributed by atoms with E-state index in [0.717, 1.165) is 25.1 Å². The molecule has 7 heteroatoms. The normalized spacial score (nSPS) is 16.5. The summed E-state index contributed by atoms with van der Waals surface area (Å²) in [5.74, 6) is -0.626. The maximum Gasteiger partial charge on any atom is 0.270 e. The van der Waals surface area contributed by atoms with Crippen molar-refractivity contribution in [2.75, 3.05) is 19.6 Å². The highest BCUT2D eigenvalue weighted by molar-refractivity contribution is 5.94. The second kappa shape index (κ2) is 10.4. The van der Waals surface area contributed by atoms with Crippen molar-refractivity contribution in [3.05, 3.63) is 78.2 Å². The largest absolute Gasteiger partial charge is 0.351 e. The van der Waals surface area contributed by atoms with E-state index in [9.17, 15) is 9.18 Å². The predicted octanol–water partition coefficient (Wildman–Crippen LogP) is 5.20. The molecule has 0 saturated carbocycles. The number of amides is 1. The topological polar surface area (TPSA) is 62.5 Å². The summed E-state index contributed by atoms with van der Waals surface area (Å²) >= 11 is 0. The molecule has 0 unspecified atom stereocenters. The van der Waals surface area contributed by atoms with Gasteiger partial charge in [-0.3, -0.25) is 4.79 Å². The number of nitrogens with one attached hydrogen (secondary N) is 1. The summed E-state index contributed by atoms with van der Waals surface area (Å²) < 4.78 is 16.1. The Morgan fingerprint density at radius 2 is 1.86 bits per heavy atom. The van der Waals surface area contributed by atoms with Gasteiger partial charge in [0, 0.05) is 36.3 Å². The maximum atomic E-state index is 14.6. The summed E-state index contributed by atoms with van der Waals surface area (Å²) in [6.45, 7) is 4.93. The first-order chi connectivity index (χ1) is 17.1. The highest BCUT2D eigenvalue weighted by Gasteiger charge is 2.20. The first kappa shape index (κ1) is 23.2. The molecule has 0 radical (unpaired) electrons. The summed E-state index contributed by atoms with van der Waals surface area (Å²) in [6, 6.07) is 20.3. The summed E-state index contributed by atoms with van der Waals surface area (Å²) in [4.78, 5) is 20.4. The minimum absolute atomic E-state index is 0.246. The van der Waals surface area contributed by atoms with Crippen LogP contribution in [0.2, 0.25) is 0 Å². The average Bonchev–Trinajstić information content (AvgIpc) is 3.32. The monoisotopic (exact) mass is 471 g/mol. The lowest BCUT2D eigenvalue weighted by Gasteiger charge is -2.33. The van der Waals surface area contributed by atoms with Gasteiger partial charge in [-0.1, -0.05) is 48.9 Å². The Labute approximate surface area is 204 Å². The molecule has 1 aliphatic heterocycles. The van der Waals surface area contributed by atoms with Crippen LogP contribution in [0.4, 0.5) is 4.39 Å². The number of carbonyl (C=O) groups excluding carboxylic acids is 1. The molecule has 2 aromatic carbocycles. The molecule has 1 N–H and O–H groups in total. The van der Waals surface area contributed by atoms with Gasteiger partial charge in [0.25, 0.3) is 5.91 Å². The number of rotatable bonds is 7. The number of halogens is 1. The zero-order chi connectivity index (χ0) is 24.2.